The molecule has 0 spiro atoms. The van der Waals surface area contributed by atoms with Crippen molar-refractivity contribution in [2.45, 2.75) is 26.8 Å². The first-order valence-corrected chi connectivity index (χ1v) is 10.4. The molecule has 0 aliphatic carbocycles. The van der Waals surface area contributed by atoms with Gasteiger partial charge in [0.05, 0.1) is 12.7 Å². The first-order valence-electron chi connectivity index (χ1n) is 10.0. The molecule has 4 rings (SSSR count). The number of anilines is 1. The number of aliphatic hydroxyl groups excluding tert-OH is 1. The van der Waals surface area contributed by atoms with Gasteiger partial charge in [-0.3, -0.25) is 14.5 Å². The summed E-state index contributed by atoms with van der Waals surface area (Å²) >= 11 is 6.01. The number of benzene rings is 2. The van der Waals surface area contributed by atoms with Crippen LogP contribution in [0, 0.1) is 20.8 Å². The number of aliphatic hydroxyl groups is 1. The Bertz CT molecular complexity index is 1260. The molecule has 1 aliphatic heterocycles. The van der Waals surface area contributed by atoms with E-state index in [0.29, 0.717) is 39.1 Å². The Hall–Kier alpha value is -3.51. The Morgan fingerprint density at radius 1 is 1.03 bits per heavy atom. The standard InChI is InChI=1S/C25H22ClNO5/c1-13-12-20(31-4)14(2)11-18(13)23(28)21-22(19-10-5-15(3)32-19)27(25(30)24(21)29)17-8-6-16(26)7-9-17/h5-12,22,28H,1-4H3/b23-21+. The van der Waals surface area contributed by atoms with Crippen LogP contribution in [0.4, 0.5) is 5.69 Å². The lowest BCUT2D eigenvalue weighted by molar-refractivity contribution is -0.132. The van der Waals surface area contributed by atoms with Crippen molar-refractivity contribution < 1.29 is 23.8 Å². The van der Waals surface area contributed by atoms with Crippen LogP contribution in [0.3, 0.4) is 0 Å². The highest BCUT2D eigenvalue weighted by Crippen LogP contribution is 2.43. The van der Waals surface area contributed by atoms with Crippen molar-refractivity contribution in [1.82, 2.24) is 0 Å². The zero-order valence-electron chi connectivity index (χ0n) is 18.1. The highest BCUT2D eigenvalue weighted by atomic mass is 35.5. The number of hydrogen-bond acceptors (Lipinski definition) is 5. The molecule has 0 saturated carbocycles. The van der Waals surface area contributed by atoms with Gasteiger partial charge in [-0.1, -0.05) is 11.6 Å². The van der Waals surface area contributed by atoms with E-state index < -0.39 is 17.7 Å². The van der Waals surface area contributed by atoms with E-state index in [4.69, 9.17) is 20.8 Å². The van der Waals surface area contributed by atoms with Gasteiger partial charge >= 0.3 is 0 Å². The number of methoxy groups -OCH3 is 1. The van der Waals surface area contributed by atoms with Gasteiger partial charge in [-0.2, -0.15) is 0 Å². The maximum atomic E-state index is 13.2. The van der Waals surface area contributed by atoms with Crippen molar-refractivity contribution in [2.24, 2.45) is 0 Å². The van der Waals surface area contributed by atoms with E-state index in [1.807, 2.05) is 6.92 Å². The third kappa shape index (κ3) is 3.56. The maximum absolute atomic E-state index is 13.2. The van der Waals surface area contributed by atoms with Crippen LogP contribution in [0.15, 0.2) is 58.5 Å². The predicted octanol–water partition coefficient (Wildman–Crippen LogP) is 5.49. The van der Waals surface area contributed by atoms with Crippen molar-refractivity contribution in [3.8, 4) is 5.75 Å². The molecule has 2 heterocycles. The number of ketones is 1. The monoisotopic (exact) mass is 451 g/mol. The average Bonchev–Trinajstić information content (AvgIpc) is 3.30. The fraction of sp³-hybridized carbons (Fsp3) is 0.200. The number of amides is 1. The van der Waals surface area contributed by atoms with Crippen LogP contribution < -0.4 is 9.64 Å². The molecule has 2 aromatic carbocycles. The van der Waals surface area contributed by atoms with E-state index in [2.05, 4.69) is 0 Å². The molecule has 7 heteroatoms. The molecule has 3 aromatic rings. The van der Waals surface area contributed by atoms with Crippen LogP contribution in [-0.4, -0.2) is 23.9 Å². The van der Waals surface area contributed by atoms with Crippen LogP contribution in [0.25, 0.3) is 5.76 Å². The molecule has 164 valence electrons. The normalized spacial score (nSPS) is 17.8. The molecule has 6 nitrogen and oxygen atoms in total. The highest BCUT2D eigenvalue weighted by Gasteiger charge is 2.48. The molecule has 0 radical (unpaired) electrons. The lowest BCUT2D eigenvalue weighted by Gasteiger charge is -2.23. The van der Waals surface area contributed by atoms with E-state index in [9.17, 15) is 14.7 Å². The van der Waals surface area contributed by atoms with Gasteiger partial charge in [-0.15, -0.1) is 0 Å². The minimum absolute atomic E-state index is 0.0352. The zero-order valence-corrected chi connectivity index (χ0v) is 18.9. The molecule has 32 heavy (non-hydrogen) atoms. The van der Waals surface area contributed by atoms with E-state index >= 15 is 0 Å². The van der Waals surface area contributed by atoms with Gasteiger partial charge in [0.2, 0.25) is 0 Å². The van der Waals surface area contributed by atoms with Gasteiger partial charge in [0.1, 0.15) is 29.1 Å². The minimum atomic E-state index is -0.924. The number of halogens is 1. The minimum Gasteiger partial charge on any atom is -0.507 e. The number of hydrogen-bond donors (Lipinski definition) is 1. The van der Waals surface area contributed by atoms with Crippen LogP contribution in [0.2, 0.25) is 5.02 Å². The number of nitrogens with zero attached hydrogens (tertiary/aromatic N) is 1. The van der Waals surface area contributed by atoms with Crippen LogP contribution in [-0.2, 0) is 9.59 Å². The SMILES string of the molecule is COc1cc(C)c(/C(O)=C2\C(=O)C(=O)N(c3ccc(Cl)cc3)C2c2ccc(C)o2)cc1C. The Kier molecular flexibility index (Phi) is 5.57. The number of aryl methyl sites for hydroxylation is 3. The summed E-state index contributed by atoms with van der Waals surface area (Å²) in [6.45, 7) is 5.42. The Labute approximate surface area is 190 Å². The number of furan rings is 1. The van der Waals surface area contributed by atoms with Crippen molar-refractivity contribution in [3.05, 3.63) is 87.3 Å². The van der Waals surface area contributed by atoms with Crippen LogP contribution in [0.1, 0.15) is 34.3 Å². The first-order chi connectivity index (χ1) is 15.2. The summed E-state index contributed by atoms with van der Waals surface area (Å²) in [5, 5.41) is 11.8. The number of ether oxygens (including phenoxy) is 1. The fourth-order valence-corrected chi connectivity index (χ4v) is 4.11. The maximum Gasteiger partial charge on any atom is 0.300 e. The zero-order chi connectivity index (χ0) is 23.2. The summed E-state index contributed by atoms with van der Waals surface area (Å²) < 4.78 is 11.2. The van der Waals surface area contributed by atoms with Crippen LogP contribution >= 0.6 is 11.6 Å². The molecule has 1 atom stereocenters. The second-order valence-electron chi connectivity index (χ2n) is 7.73. The van der Waals surface area contributed by atoms with E-state index in [1.165, 1.54) is 4.90 Å². The van der Waals surface area contributed by atoms with E-state index in [1.54, 1.807) is 69.5 Å². The first kappa shape index (κ1) is 21.7. The number of rotatable bonds is 4. The molecule has 1 unspecified atom stereocenters. The fourth-order valence-electron chi connectivity index (χ4n) is 3.98. The molecule has 1 N–H and O–H groups in total. The van der Waals surface area contributed by atoms with Gasteiger partial charge < -0.3 is 14.3 Å². The summed E-state index contributed by atoms with van der Waals surface area (Å²) in [5.41, 5.74) is 2.38. The summed E-state index contributed by atoms with van der Waals surface area (Å²) in [5.74, 6) is -0.138. The summed E-state index contributed by atoms with van der Waals surface area (Å²) in [7, 11) is 1.57. The third-order valence-electron chi connectivity index (χ3n) is 5.58. The largest absolute Gasteiger partial charge is 0.507 e. The summed E-state index contributed by atoms with van der Waals surface area (Å²) in [6.07, 6.45) is 0. The quantitative estimate of drug-likeness (QED) is 0.322. The van der Waals surface area contributed by atoms with Gasteiger partial charge in [-0.05, 0) is 80.4 Å². The highest BCUT2D eigenvalue weighted by molar-refractivity contribution is 6.51. The van der Waals surface area contributed by atoms with Crippen molar-refractivity contribution in [1.29, 1.82) is 0 Å². The van der Waals surface area contributed by atoms with Crippen molar-refractivity contribution in [3.63, 3.8) is 0 Å². The smallest absolute Gasteiger partial charge is 0.300 e. The van der Waals surface area contributed by atoms with Crippen molar-refractivity contribution >= 4 is 34.7 Å². The van der Waals surface area contributed by atoms with E-state index in [-0.39, 0.29) is 11.3 Å². The Morgan fingerprint density at radius 2 is 1.72 bits per heavy atom. The second-order valence-corrected chi connectivity index (χ2v) is 8.17. The molecule has 1 aromatic heterocycles. The van der Waals surface area contributed by atoms with E-state index in [0.717, 1.165) is 5.56 Å². The van der Waals surface area contributed by atoms with Crippen LogP contribution in [0.5, 0.6) is 5.75 Å². The average molecular weight is 452 g/mol. The molecule has 1 aliphatic rings. The lowest BCUT2D eigenvalue weighted by Crippen LogP contribution is -2.29. The molecular formula is C25H22ClNO5. The van der Waals surface area contributed by atoms with Crippen molar-refractivity contribution in [2.75, 3.05) is 12.0 Å². The number of Topliss-reactive ketones (excluding diaryl/α,β-unsaturated/α-hetero) is 1. The molecule has 1 saturated heterocycles. The molecule has 0 bridgehead atoms. The van der Waals surface area contributed by atoms with Gasteiger partial charge in [-0.25, -0.2) is 0 Å². The summed E-state index contributed by atoms with van der Waals surface area (Å²) in [4.78, 5) is 27.6. The number of carbonyl (C=O) groups is 2. The second kappa shape index (κ2) is 8.20. The Morgan fingerprint density at radius 3 is 2.31 bits per heavy atom. The Balaban J connectivity index is 1.95. The van der Waals surface area contributed by atoms with Gasteiger partial charge in [0.25, 0.3) is 11.7 Å². The number of carbonyl (C=O) groups excluding carboxylic acids is 2. The molecule has 1 fully saturated rings. The predicted molar refractivity (Wildman–Crippen MR) is 122 cm³/mol. The topological polar surface area (TPSA) is 80.0 Å². The lowest BCUT2D eigenvalue weighted by atomic mass is 9.95. The molecular weight excluding hydrogens is 430 g/mol. The third-order valence-corrected chi connectivity index (χ3v) is 5.83. The summed E-state index contributed by atoms with van der Waals surface area (Å²) in [6, 6.07) is 12.6. The molecule has 1 amide bonds. The van der Waals surface area contributed by atoms with Gasteiger partial charge in [0, 0.05) is 16.3 Å². The van der Waals surface area contributed by atoms with Gasteiger partial charge in [0.15, 0.2) is 0 Å².